The van der Waals surface area contributed by atoms with Crippen LogP contribution in [0.25, 0.3) is 5.69 Å². The van der Waals surface area contributed by atoms with Crippen LogP contribution < -0.4 is 0 Å². The van der Waals surface area contributed by atoms with Crippen molar-refractivity contribution in [3.63, 3.8) is 0 Å². The SMILES string of the molecule is Cc1cc(Cc2ccc(Cc3ccc(Cc4cccc(C)c4C#N)c(C(=O)c4ccc(-n5ccnc5)cc4)c3)c(C(=O)c3ccccc3)c2)cc(S(=O)(=O)O)c1. The van der Waals surface area contributed by atoms with Crippen LogP contribution in [0.5, 0.6) is 0 Å². The first kappa shape index (κ1) is 37.6. The van der Waals surface area contributed by atoms with E-state index >= 15 is 0 Å². The first-order valence-electron chi connectivity index (χ1n) is 18.0. The van der Waals surface area contributed by atoms with Gasteiger partial charge in [-0.05, 0) is 126 Å². The van der Waals surface area contributed by atoms with Crippen molar-refractivity contribution in [3.8, 4) is 11.8 Å². The van der Waals surface area contributed by atoms with Gasteiger partial charge in [-0.3, -0.25) is 14.1 Å². The summed E-state index contributed by atoms with van der Waals surface area (Å²) in [6.07, 6.45) is 6.27. The Hall–Kier alpha value is -6.73. The van der Waals surface area contributed by atoms with Crippen LogP contribution in [0.3, 0.4) is 0 Å². The second-order valence-corrected chi connectivity index (χ2v) is 15.3. The topological polar surface area (TPSA) is 130 Å². The van der Waals surface area contributed by atoms with Gasteiger partial charge in [0, 0.05) is 40.3 Å². The van der Waals surface area contributed by atoms with Gasteiger partial charge in [0.05, 0.1) is 22.9 Å². The molecule has 0 spiro atoms. The maximum absolute atomic E-state index is 14.4. The molecule has 1 N–H and O–H groups in total. The molecule has 7 rings (SSSR count). The number of nitriles is 1. The normalized spacial score (nSPS) is 11.2. The summed E-state index contributed by atoms with van der Waals surface area (Å²) in [6, 6.07) is 40.5. The Labute approximate surface area is 326 Å². The Morgan fingerprint density at radius 3 is 1.95 bits per heavy atom. The molecule has 0 bridgehead atoms. The molecule has 1 aromatic heterocycles. The molecule has 0 aliphatic carbocycles. The lowest BCUT2D eigenvalue weighted by molar-refractivity contribution is 0.103. The number of benzene rings is 6. The summed E-state index contributed by atoms with van der Waals surface area (Å²) in [5, 5.41) is 9.97. The van der Waals surface area contributed by atoms with Gasteiger partial charge in [0.25, 0.3) is 10.1 Å². The predicted molar refractivity (Wildman–Crippen MR) is 215 cm³/mol. The van der Waals surface area contributed by atoms with E-state index in [0.29, 0.717) is 58.2 Å². The van der Waals surface area contributed by atoms with Crippen molar-refractivity contribution in [1.29, 1.82) is 5.26 Å². The van der Waals surface area contributed by atoms with E-state index in [2.05, 4.69) is 11.1 Å². The predicted octanol–water partition coefficient (Wildman–Crippen LogP) is 8.84. The molecule has 0 radical (unpaired) electrons. The Kier molecular flexibility index (Phi) is 10.7. The second kappa shape index (κ2) is 15.9. The number of nitrogens with zero attached hydrogens (tertiary/aromatic N) is 3. The van der Waals surface area contributed by atoms with Crippen LogP contribution in [0, 0.1) is 25.2 Å². The van der Waals surface area contributed by atoms with Crippen molar-refractivity contribution < 1.29 is 22.6 Å². The molecule has 1 heterocycles. The van der Waals surface area contributed by atoms with E-state index < -0.39 is 10.1 Å². The summed E-state index contributed by atoms with van der Waals surface area (Å²) < 4.78 is 35.4. The zero-order valence-electron chi connectivity index (χ0n) is 30.8. The fraction of sp³-hybridized carbons (Fsp3) is 0.106. The highest BCUT2D eigenvalue weighted by atomic mass is 32.2. The fourth-order valence-electron chi connectivity index (χ4n) is 7.07. The minimum Gasteiger partial charge on any atom is -0.306 e. The number of carbonyl (C=O) groups is 2. The standard InChI is InChI=1S/C47H37N3O5S/c1-31-21-35(25-42(22-31)56(53,54)55)23-33-11-13-39(43(26-33)46(51)36-8-4-3-5-9-36)24-34-12-14-40(28-38-10-6-7-32(2)45(38)29-48)44(27-34)47(52)37-15-17-41(18-16-37)50-20-19-49-30-50/h3-22,25-27,30H,23-24,28H2,1-2H3,(H,53,54,55). The summed E-state index contributed by atoms with van der Waals surface area (Å²) >= 11 is 0. The molecule has 0 fully saturated rings. The summed E-state index contributed by atoms with van der Waals surface area (Å²) in [5.41, 5.74) is 9.67. The molecule has 0 saturated heterocycles. The van der Waals surface area contributed by atoms with Gasteiger partial charge >= 0.3 is 0 Å². The average molecular weight is 756 g/mol. The fourth-order valence-corrected chi connectivity index (χ4v) is 7.70. The van der Waals surface area contributed by atoms with Crippen LogP contribution in [0.4, 0.5) is 0 Å². The molecular weight excluding hydrogens is 719 g/mol. The van der Waals surface area contributed by atoms with E-state index in [9.17, 15) is 27.8 Å². The summed E-state index contributed by atoms with van der Waals surface area (Å²) in [5.74, 6) is -0.330. The van der Waals surface area contributed by atoms with Gasteiger partial charge in [0.15, 0.2) is 11.6 Å². The van der Waals surface area contributed by atoms with Crippen LogP contribution >= 0.6 is 0 Å². The highest BCUT2D eigenvalue weighted by Gasteiger charge is 2.20. The molecule has 0 aliphatic rings. The average Bonchev–Trinajstić information content (AvgIpc) is 3.74. The molecule has 0 unspecified atom stereocenters. The van der Waals surface area contributed by atoms with Crippen molar-refractivity contribution in [2.75, 3.05) is 0 Å². The van der Waals surface area contributed by atoms with Gasteiger partial charge in [-0.2, -0.15) is 13.7 Å². The number of carbonyl (C=O) groups excluding carboxylic acids is 2. The number of imidazole rings is 1. The lowest BCUT2D eigenvalue weighted by Gasteiger charge is -2.16. The minimum absolute atomic E-state index is 0.163. The van der Waals surface area contributed by atoms with E-state index in [1.807, 2.05) is 109 Å². The van der Waals surface area contributed by atoms with Crippen molar-refractivity contribution in [2.24, 2.45) is 0 Å². The molecule has 0 amide bonds. The molecule has 0 saturated carbocycles. The molecule has 56 heavy (non-hydrogen) atoms. The molecule has 6 aromatic carbocycles. The van der Waals surface area contributed by atoms with Crippen LogP contribution in [0.15, 0.2) is 151 Å². The highest BCUT2D eigenvalue weighted by Crippen LogP contribution is 2.27. The van der Waals surface area contributed by atoms with Crippen molar-refractivity contribution in [3.05, 3.63) is 218 Å². The number of aryl methyl sites for hydroxylation is 2. The minimum atomic E-state index is -4.40. The van der Waals surface area contributed by atoms with Crippen LogP contribution in [-0.2, 0) is 29.4 Å². The van der Waals surface area contributed by atoms with Gasteiger partial charge in [-0.1, -0.05) is 78.9 Å². The van der Waals surface area contributed by atoms with Crippen molar-refractivity contribution >= 4 is 21.7 Å². The van der Waals surface area contributed by atoms with Crippen LogP contribution in [-0.4, -0.2) is 34.1 Å². The van der Waals surface area contributed by atoms with Crippen molar-refractivity contribution in [2.45, 2.75) is 38.0 Å². The Morgan fingerprint density at radius 2 is 1.32 bits per heavy atom. The Bertz CT molecular complexity index is 2750. The third-order valence-electron chi connectivity index (χ3n) is 9.87. The molecule has 0 atom stereocenters. The first-order valence-corrected chi connectivity index (χ1v) is 19.4. The first-order chi connectivity index (χ1) is 27.0. The van der Waals surface area contributed by atoms with Gasteiger partial charge in [0.1, 0.15) is 0 Å². The molecular formula is C47H37N3O5S. The van der Waals surface area contributed by atoms with E-state index in [1.54, 1.807) is 43.7 Å². The Morgan fingerprint density at radius 1 is 0.679 bits per heavy atom. The largest absolute Gasteiger partial charge is 0.306 e. The molecule has 8 nitrogen and oxygen atoms in total. The molecule has 276 valence electrons. The van der Waals surface area contributed by atoms with Gasteiger partial charge < -0.3 is 4.57 Å². The number of aromatic nitrogens is 2. The van der Waals surface area contributed by atoms with E-state index in [-0.39, 0.29) is 16.5 Å². The zero-order valence-corrected chi connectivity index (χ0v) is 31.6. The van der Waals surface area contributed by atoms with Crippen LogP contribution in [0.2, 0.25) is 0 Å². The summed E-state index contributed by atoms with van der Waals surface area (Å²) in [4.78, 5) is 32.4. The maximum atomic E-state index is 14.4. The Balaban J connectivity index is 1.28. The van der Waals surface area contributed by atoms with E-state index in [0.717, 1.165) is 39.1 Å². The van der Waals surface area contributed by atoms with Gasteiger partial charge in [-0.15, -0.1) is 0 Å². The summed E-state index contributed by atoms with van der Waals surface area (Å²) in [7, 11) is -4.40. The number of hydrogen-bond acceptors (Lipinski definition) is 6. The zero-order chi connectivity index (χ0) is 39.4. The number of hydrogen-bond donors (Lipinski definition) is 1. The van der Waals surface area contributed by atoms with Crippen molar-refractivity contribution in [1.82, 2.24) is 9.55 Å². The molecule has 7 aromatic rings. The maximum Gasteiger partial charge on any atom is 0.294 e. The van der Waals surface area contributed by atoms with E-state index in [1.165, 1.54) is 12.1 Å². The molecule has 9 heteroatoms. The highest BCUT2D eigenvalue weighted by molar-refractivity contribution is 7.85. The van der Waals surface area contributed by atoms with Crippen LogP contribution in [0.1, 0.15) is 81.9 Å². The third kappa shape index (κ3) is 8.32. The smallest absolute Gasteiger partial charge is 0.294 e. The number of rotatable bonds is 12. The quantitative estimate of drug-likeness (QED) is 0.0974. The lowest BCUT2D eigenvalue weighted by atomic mass is 9.87. The molecule has 0 aliphatic heterocycles. The second-order valence-electron chi connectivity index (χ2n) is 13.9. The third-order valence-corrected chi connectivity index (χ3v) is 10.7. The van der Waals surface area contributed by atoms with Gasteiger partial charge in [0.2, 0.25) is 0 Å². The summed E-state index contributed by atoms with van der Waals surface area (Å²) in [6.45, 7) is 3.66. The van der Waals surface area contributed by atoms with Gasteiger partial charge in [-0.25, -0.2) is 4.98 Å². The van der Waals surface area contributed by atoms with E-state index in [4.69, 9.17) is 0 Å². The monoisotopic (exact) mass is 755 g/mol. The number of ketones is 2. The lowest BCUT2D eigenvalue weighted by Crippen LogP contribution is -2.10.